The van der Waals surface area contributed by atoms with Gasteiger partial charge in [-0.3, -0.25) is 19.2 Å². The zero-order valence-electron chi connectivity index (χ0n) is 21.6. The number of likely N-dealkylation sites (N-methyl/N-ethyl adjacent to an activating group) is 1. The summed E-state index contributed by atoms with van der Waals surface area (Å²) in [5, 5.41) is 7.13. The molecule has 0 spiro atoms. The Morgan fingerprint density at radius 2 is 1.97 bits per heavy atom. The molecule has 1 unspecified atom stereocenters. The molecule has 1 aromatic rings. The average molecular weight is 562 g/mol. The fraction of sp³-hybridized carbons (Fsp3) is 0.560. The number of rotatable bonds is 5. The van der Waals surface area contributed by atoms with E-state index in [9.17, 15) is 14.4 Å². The second-order valence-electron chi connectivity index (χ2n) is 10.4. The van der Waals surface area contributed by atoms with Gasteiger partial charge in [0.05, 0.1) is 17.4 Å². The summed E-state index contributed by atoms with van der Waals surface area (Å²) in [5.74, 6) is -0.938. The maximum atomic E-state index is 13.3. The number of thiazole rings is 1. The van der Waals surface area contributed by atoms with Crippen LogP contribution in [-0.4, -0.2) is 84.2 Å². The number of hydroxylamine groups is 1. The minimum Gasteiger partial charge on any atom is -0.349 e. The first kappa shape index (κ1) is 26.8. The van der Waals surface area contributed by atoms with Crippen molar-refractivity contribution in [2.75, 3.05) is 27.7 Å². The van der Waals surface area contributed by atoms with Gasteiger partial charge in [-0.2, -0.15) is 0 Å². The van der Waals surface area contributed by atoms with Crippen molar-refractivity contribution in [1.82, 2.24) is 30.9 Å². The lowest BCUT2D eigenvalue weighted by Gasteiger charge is -2.37. The molecule has 3 amide bonds. The third kappa shape index (κ3) is 5.78. The summed E-state index contributed by atoms with van der Waals surface area (Å²) in [5.41, 5.74) is 4.22. The van der Waals surface area contributed by atoms with Gasteiger partial charge in [0, 0.05) is 61.9 Å². The van der Waals surface area contributed by atoms with Gasteiger partial charge in [-0.15, -0.1) is 11.3 Å². The Labute approximate surface area is 230 Å². The van der Waals surface area contributed by atoms with Crippen LogP contribution in [0, 0.1) is 5.92 Å². The van der Waals surface area contributed by atoms with Crippen molar-refractivity contribution in [3.63, 3.8) is 0 Å². The summed E-state index contributed by atoms with van der Waals surface area (Å²) in [6.45, 7) is 1.68. The molecule has 3 heterocycles. The Morgan fingerprint density at radius 1 is 1.18 bits per heavy atom. The minimum absolute atomic E-state index is 0.00971. The van der Waals surface area contributed by atoms with Crippen LogP contribution >= 0.6 is 22.9 Å². The van der Waals surface area contributed by atoms with Gasteiger partial charge in [-0.1, -0.05) is 11.6 Å². The Hall–Kier alpha value is -2.80. The molecule has 1 saturated carbocycles. The summed E-state index contributed by atoms with van der Waals surface area (Å²) in [7, 11) is 5.50. The molecule has 0 saturated heterocycles. The number of nitrogens with zero attached hydrogens (tertiary/aromatic N) is 4. The Bertz CT molecular complexity index is 1230. The van der Waals surface area contributed by atoms with Crippen LogP contribution in [-0.2, 0) is 27.4 Å². The van der Waals surface area contributed by atoms with Crippen molar-refractivity contribution in [2.45, 2.75) is 56.8 Å². The van der Waals surface area contributed by atoms with Crippen LogP contribution in [0.5, 0.6) is 0 Å². The monoisotopic (exact) mass is 561 g/mol. The number of carbonyl (C=O) groups excluding carboxylic acids is 3. The number of amides is 3. The number of aliphatic imine (C=N–C) groups is 1. The predicted octanol–water partition coefficient (Wildman–Crippen LogP) is 1.31. The van der Waals surface area contributed by atoms with Crippen LogP contribution in [0.25, 0.3) is 0 Å². The number of amidine groups is 1. The maximum Gasteiger partial charge on any atom is 0.289 e. The highest BCUT2D eigenvalue weighted by atomic mass is 35.5. The van der Waals surface area contributed by atoms with E-state index in [0.717, 1.165) is 30.1 Å². The molecule has 1 fully saturated rings. The Morgan fingerprint density at radius 3 is 2.76 bits per heavy atom. The van der Waals surface area contributed by atoms with Crippen LogP contribution < -0.4 is 16.1 Å². The molecule has 2 aliphatic heterocycles. The molecule has 11 nitrogen and oxygen atoms in total. The molecule has 5 rings (SSSR count). The number of hydrogen-bond acceptors (Lipinski definition) is 9. The van der Waals surface area contributed by atoms with Crippen molar-refractivity contribution in [2.24, 2.45) is 10.9 Å². The van der Waals surface area contributed by atoms with Gasteiger partial charge in [-0.05, 0) is 38.5 Å². The van der Waals surface area contributed by atoms with Crippen molar-refractivity contribution in [3.05, 3.63) is 38.5 Å². The first-order valence-electron chi connectivity index (χ1n) is 12.7. The highest BCUT2D eigenvalue weighted by Crippen LogP contribution is 2.29. The van der Waals surface area contributed by atoms with Gasteiger partial charge in [0.2, 0.25) is 11.7 Å². The number of allylic oxidation sites excluding steroid dienone is 2. The van der Waals surface area contributed by atoms with E-state index in [4.69, 9.17) is 16.4 Å². The zero-order valence-corrected chi connectivity index (χ0v) is 23.2. The number of halogens is 1. The second-order valence-corrected chi connectivity index (χ2v) is 11.9. The topological polar surface area (TPSA) is 128 Å². The van der Waals surface area contributed by atoms with Crippen LogP contribution in [0.2, 0.25) is 0 Å². The van der Waals surface area contributed by atoms with Crippen molar-refractivity contribution >= 4 is 46.5 Å². The van der Waals surface area contributed by atoms with E-state index in [1.54, 1.807) is 31.1 Å². The number of hydrogen-bond donors (Lipinski definition) is 3. The zero-order chi connectivity index (χ0) is 27.0. The van der Waals surface area contributed by atoms with Gasteiger partial charge in [0.15, 0.2) is 5.01 Å². The van der Waals surface area contributed by atoms with Crippen molar-refractivity contribution < 1.29 is 19.2 Å². The summed E-state index contributed by atoms with van der Waals surface area (Å²) in [6, 6.07) is -0.846. The molecule has 0 radical (unpaired) electrons. The normalized spacial score (nSPS) is 27.0. The van der Waals surface area contributed by atoms with Crippen LogP contribution in [0.15, 0.2) is 27.9 Å². The van der Waals surface area contributed by atoms with Gasteiger partial charge in [0.1, 0.15) is 6.10 Å². The summed E-state index contributed by atoms with van der Waals surface area (Å²) in [4.78, 5) is 58.6. The van der Waals surface area contributed by atoms with Crippen LogP contribution in [0.3, 0.4) is 0 Å². The van der Waals surface area contributed by atoms with Gasteiger partial charge in [0.25, 0.3) is 11.8 Å². The Balaban J connectivity index is 1.31. The van der Waals surface area contributed by atoms with E-state index in [1.165, 1.54) is 11.3 Å². The largest absolute Gasteiger partial charge is 0.349 e. The number of aromatic nitrogens is 1. The second kappa shape index (κ2) is 11.1. The van der Waals surface area contributed by atoms with Crippen LogP contribution in [0.4, 0.5) is 0 Å². The van der Waals surface area contributed by atoms with Crippen molar-refractivity contribution in [1.29, 1.82) is 0 Å². The first-order valence-corrected chi connectivity index (χ1v) is 13.9. The molecule has 0 aromatic carbocycles. The smallest absolute Gasteiger partial charge is 0.289 e. The minimum atomic E-state index is -0.453. The van der Waals surface area contributed by atoms with Gasteiger partial charge in [-0.25, -0.2) is 15.5 Å². The van der Waals surface area contributed by atoms with E-state index < -0.39 is 18.0 Å². The molecule has 0 bridgehead atoms. The highest BCUT2D eigenvalue weighted by molar-refractivity contribution is 7.13. The fourth-order valence-corrected chi connectivity index (χ4v) is 6.49. The molecule has 2 aliphatic carbocycles. The molecule has 204 valence electrons. The molecular formula is C25H32ClN7O4S. The summed E-state index contributed by atoms with van der Waals surface area (Å²) in [6.07, 6.45) is 5.95. The molecule has 4 atom stereocenters. The average Bonchev–Trinajstić information content (AvgIpc) is 3.32. The molecule has 13 heteroatoms. The standard InChI is InChI=1S/C25H32ClN7O4S/c1-32(2)25(36)13-4-6-15(28-22(34)21-27-16-7-5-14(26)11-19(16)37-31-21)18(10-13)29-23(35)24-30-17-8-9-33(3)12-20(17)38-24/h5,7,13,15,18-19H,4,6,8-12H2,1-3H3,(H,27,31)(H,28,34)(H,29,35)/t13-,15-,18+,19?/m0/s1. The SMILES string of the molecule is CN1CCc2nc(C(=O)N[C@@H]3C[C@@H](C(=O)N(C)C)CC[C@@H]3NC(=O)C3=NC4=CC=C(Cl)CC4ON3)sc2C1. The lowest BCUT2D eigenvalue weighted by Crippen LogP contribution is -2.58. The molecule has 38 heavy (non-hydrogen) atoms. The predicted molar refractivity (Wildman–Crippen MR) is 143 cm³/mol. The molecule has 1 aromatic heterocycles. The van der Waals surface area contributed by atoms with E-state index in [-0.39, 0.29) is 29.7 Å². The van der Waals surface area contributed by atoms with Gasteiger partial charge < -0.3 is 20.4 Å². The number of nitrogens with one attached hydrogen (secondary N) is 3. The third-order valence-corrected chi connectivity index (χ3v) is 8.65. The maximum absolute atomic E-state index is 13.3. The van der Waals surface area contributed by atoms with E-state index >= 15 is 0 Å². The fourth-order valence-electron chi connectivity index (χ4n) is 5.20. The van der Waals surface area contributed by atoms with E-state index in [1.807, 2.05) is 7.05 Å². The molecule has 3 N–H and O–H groups in total. The third-order valence-electron chi connectivity index (χ3n) is 7.29. The van der Waals surface area contributed by atoms with Crippen LogP contribution in [0.1, 0.15) is 46.1 Å². The highest BCUT2D eigenvalue weighted by Gasteiger charge is 2.38. The number of carbonyl (C=O) groups is 3. The van der Waals surface area contributed by atoms with E-state index in [0.29, 0.717) is 41.4 Å². The molecular weight excluding hydrogens is 530 g/mol. The summed E-state index contributed by atoms with van der Waals surface area (Å²) >= 11 is 7.47. The van der Waals surface area contributed by atoms with E-state index in [2.05, 4.69) is 31.0 Å². The molecule has 4 aliphatic rings. The Kier molecular flexibility index (Phi) is 7.85. The number of fused-ring (bicyclic) bond motifs is 2. The lowest BCUT2D eigenvalue weighted by atomic mass is 9.81. The quantitative estimate of drug-likeness (QED) is 0.494. The first-order chi connectivity index (χ1) is 18.2. The lowest BCUT2D eigenvalue weighted by molar-refractivity contribution is -0.134. The summed E-state index contributed by atoms with van der Waals surface area (Å²) < 4.78 is 0. The van der Waals surface area contributed by atoms with Gasteiger partial charge >= 0.3 is 0 Å². The van der Waals surface area contributed by atoms with Crippen molar-refractivity contribution in [3.8, 4) is 0 Å².